The minimum Gasteiger partial charge on any atom is -0.468 e. The molecular weight excluding hydrogens is 200 g/mol. The smallest absolute Gasteiger partial charge is 0.233 e. The standard InChI is InChI=1S/C9H14N2O2S/c1-7-8(4-5-13-7)14-6-2-3-9(12)11-10/h4-5H,2-3,6,10H2,1H3,(H,11,12). The van der Waals surface area contributed by atoms with Crippen molar-refractivity contribution in [2.75, 3.05) is 5.75 Å². The highest BCUT2D eigenvalue weighted by Gasteiger charge is 2.02. The number of nitrogens with one attached hydrogen (secondary N) is 1. The molecule has 1 amide bonds. The highest BCUT2D eigenvalue weighted by molar-refractivity contribution is 7.99. The maximum Gasteiger partial charge on any atom is 0.233 e. The van der Waals surface area contributed by atoms with Gasteiger partial charge in [-0.25, -0.2) is 5.84 Å². The quantitative estimate of drug-likeness (QED) is 0.256. The summed E-state index contributed by atoms with van der Waals surface area (Å²) in [7, 11) is 0. The predicted octanol–water partition coefficient (Wildman–Crippen LogP) is 1.45. The Morgan fingerprint density at radius 1 is 1.71 bits per heavy atom. The van der Waals surface area contributed by atoms with Crippen LogP contribution in [0.3, 0.4) is 0 Å². The van der Waals surface area contributed by atoms with Gasteiger partial charge in [-0.15, -0.1) is 11.8 Å². The number of aryl methyl sites for hydroxylation is 1. The SMILES string of the molecule is Cc1occc1SCCCC(=O)NN. The third kappa shape index (κ3) is 3.43. The molecule has 0 aliphatic heterocycles. The van der Waals surface area contributed by atoms with Crippen LogP contribution in [-0.4, -0.2) is 11.7 Å². The highest BCUT2D eigenvalue weighted by atomic mass is 32.2. The molecule has 1 rings (SSSR count). The number of hydrogen-bond acceptors (Lipinski definition) is 4. The Bertz CT molecular complexity index is 299. The number of thioether (sulfide) groups is 1. The van der Waals surface area contributed by atoms with Gasteiger partial charge in [-0.3, -0.25) is 10.2 Å². The molecule has 14 heavy (non-hydrogen) atoms. The maximum absolute atomic E-state index is 10.8. The summed E-state index contributed by atoms with van der Waals surface area (Å²) in [5.74, 6) is 6.66. The number of rotatable bonds is 5. The second-order valence-electron chi connectivity index (χ2n) is 2.86. The van der Waals surface area contributed by atoms with Crippen LogP contribution in [0.25, 0.3) is 0 Å². The Kier molecular flexibility index (Phi) is 4.55. The summed E-state index contributed by atoms with van der Waals surface area (Å²) in [6, 6.07) is 1.93. The first-order chi connectivity index (χ1) is 6.74. The van der Waals surface area contributed by atoms with E-state index in [1.165, 1.54) is 0 Å². The van der Waals surface area contributed by atoms with Gasteiger partial charge >= 0.3 is 0 Å². The summed E-state index contributed by atoms with van der Waals surface area (Å²) in [5.41, 5.74) is 2.10. The fraction of sp³-hybridized carbons (Fsp3) is 0.444. The lowest BCUT2D eigenvalue weighted by Crippen LogP contribution is -2.29. The van der Waals surface area contributed by atoms with E-state index in [2.05, 4.69) is 5.43 Å². The monoisotopic (exact) mass is 214 g/mol. The molecule has 0 spiro atoms. The van der Waals surface area contributed by atoms with Gasteiger partial charge in [0, 0.05) is 11.3 Å². The van der Waals surface area contributed by atoms with E-state index in [9.17, 15) is 4.79 Å². The average Bonchev–Trinajstić information content (AvgIpc) is 2.58. The molecule has 0 fully saturated rings. The van der Waals surface area contributed by atoms with Crippen molar-refractivity contribution in [2.24, 2.45) is 5.84 Å². The zero-order valence-electron chi connectivity index (χ0n) is 8.08. The van der Waals surface area contributed by atoms with Crippen molar-refractivity contribution < 1.29 is 9.21 Å². The van der Waals surface area contributed by atoms with Crippen LogP contribution in [0.15, 0.2) is 21.6 Å². The highest BCUT2D eigenvalue weighted by Crippen LogP contribution is 2.23. The lowest BCUT2D eigenvalue weighted by Gasteiger charge is -1.99. The summed E-state index contributed by atoms with van der Waals surface area (Å²) < 4.78 is 5.14. The van der Waals surface area contributed by atoms with Crippen LogP contribution >= 0.6 is 11.8 Å². The van der Waals surface area contributed by atoms with Crippen molar-refractivity contribution in [3.63, 3.8) is 0 Å². The molecule has 0 aliphatic rings. The average molecular weight is 214 g/mol. The van der Waals surface area contributed by atoms with Crippen molar-refractivity contribution in [3.05, 3.63) is 18.1 Å². The fourth-order valence-electron chi connectivity index (χ4n) is 1.01. The lowest BCUT2D eigenvalue weighted by molar-refractivity contribution is -0.121. The summed E-state index contributed by atoms with van der Waals surface area (Å²) in [4.78, 5) is 11.9. The van der Waals surface area contributed by atoms with Gasteiger partial charge in [0.15, 0.2) is 0 Å². The molecule has 0 unspecified atom stereocenters. The van der Waals surface area contributed by atoms with E-state index in [1.807, 2.05) is 13.0 Å². The second kappa shape index (κ2) is 5.72. The number of furan rings is 1. The van der Waals surface area contributed by atoms with Crippen LogP contribution in [-0.2, 0) is 4.79 Å². The normalized spacial score (nSPS) is 10.1. The number of hydrogen-bond donors (Lipinski definition) is 2. The first-order valence-corrected chi connectivity index (χ1v) is 5.39. The predicted molar refractivity (Wildman–Crippen MR) is 55.7 cm³/mol. The van der Waals surface area contributed by atoms with E-state index in [4.69, 9.17) is 10.3 Å². The maximum atomic E-state index is 10.8. The van der Waals surface area contributed by atoms with Crippen molar-refractivity contribution in [2.45, 2.75) is 24.7 Å². The van der Waals surface area contributed by atoms with Crippen LogP contribution in [0.4, 0.5) is 0 Å². The molecule has 0 radical (unpaired) electrons. The molecule has 0 saturated carbocycles. The minimum absolute atomic E-state index is 0.116. The number of amides is 1. The molecule has 0 saturated heterocycles. The Balaban J connectivity index is 2.16. The largest absolute Gasteiger partial charge is 0.468 e. The first kappa shape index (κ1) is 11.1. The van der Waals surface area contributed by atoms with E-state index in [0.717, 1.165) is 22.8 Å². The van der Waals surface area contributed by atoms with Gasteiger partial charge in [-0.1, -0.05) is 0 Å². The molecule has 1 aromatic heterocycles. The molecule has 0 bridgehead atoms. The summed E-state index contributed by atoms with van der Waals surface area (Å²) in [6.07, 6.45) is 2.96. The third-order valence-corrected chi connectivity index (χ3v) is 3.01. The van der Waals surface area contributed by atoms with E-state index in [0.29, 0.717) is 6.42 Å². The zero-order valence-corrected chi connectivity index (χ0v) is 8.89. The van der Waals surface area contributed by atoms with E-state index < -0.39 is 0 Å². The summed E-state index contributed by atoms with van der Waals surface area (Å²) in [6.45, 7) is 1.93. The Morgan fingerprint density at radius 3 is 3.07 bits per heavy atom. The molecule has 1 aromatic rings. The molecule has 5 heteroatoms. The number of nitrogens with two attached hydrogens (primary N) is 1. The van der Waals surface area contributed by atoms with Gasteiger partial charge in [0.1, 0.15) is 5.76 Å². The first-order valence-electron chi connectivity index (χ1n) is 4.40. The van der Waals surface area contributed by atoms with Crippen LogP contribution in [0.5, 0.6) is 0 Å². The van der Waals surface area contributed by atoms with Crippen molar-refractivity contribution in [3.8, 4) is 0 Å². The van der Waals surface area contributed by atoms with Crippen molar-refractivity contribution in [1.29, 1.82) is 0 Å². The zero-order chi connectivity index (χ0) is 10.4. The Labute approximate surface area is 87.2 Å². The van der Waals surface area contributed by atoms with E-state index >= 15 is 0 Å². The van der Waals surface area contributed by atoms with Gasteiger partial charge in [-0.2, -0.15) is 0 Å². The van der Waals surface area contributed by atoms with Crippen LogP contribution in [0.2, 0.25) is 0 Å². The van der Waals surface area contributed by atoms with Gasteiger partial charge in [0.05, 0.1) is 6.26 Å². The molecule has 1 heterocycles. The van der Waals surface area contributed by atoms with Gasteiger partial charge in [0.2, 0.25) is 5.91 Å². The van der Waals surface area contributed by atoms with Crippen LogP contribution < -0.4 is 11.3 Å². The Hall–Kier alpha value is -0.940. The number of carbonyl (C=O) groups is 1. The number of hydrazine groups is 1. The van der Waals surface area contributed by atoms with Gasteiger partial charge < -0.3 is 4.42 Å². The Morgan fingerprint density at radius 2 is 2.50 bits per heavy atom. The van der Waals surface area contributed by atoms with Crippen molar-refractivity contribution in [1.82, 2.24) is 5.43 Å². The lowest BCUT2D eigenvalue weighted by atomic mass is 10.3. The van der Waals surface area contributed by atoms with E-state index in [-0.39, 0.29) is 5.91 Å². The summed E-state index contributed by atoms with van der Waals surface area (Å²) in [5, 5.41) is 0. The molecule has 4 nitrogen and oxygen atoms in total. The van der Waals surface area contributed by atoms with Gasteiger partial charge in [0.25, 0.3) is 0 Å². The molecule has 0 aromatic carbocycles. The third-order valence-electron chi connectivity index (χ3n) is 1.78. The fourth-order valence-corrected chi connectivity index (χ4v) is 1.92. The molecule has 3 N–H and O–H groups in total. The topological polar surface area (TPSA) is 68.3 Å². The molecule has 0 aliphatic carbocycles. The van der Waals surface area contributed by atoms with Gasteiger partial charge in [-0.05, 0) is 25.2 Å². The minimum atomic E-state index is -0.116. The number of carbonyl (C=O) groups excluding carboxylic acids is 1. The summed E-state index contributed by atoms with van der Waals surface area (Å²) >= 11 is 1.69. The molecule has 0 atom stereocenters. The molecule has 78 valence electrons. The van der Waals surface area contributed by atoms with Crippen LogP contribution in [0.1, 0.15) is 18.6 Å². The molecular formula is C9H14N2O2S. The van der Waals surface area contributed by atoms with Crippen molar-refractivity contribution >= 4 is 17.7 Å². The van der Waals surface area contributed by atoms with Crippen LogP contribution in [0, 0.1) is 6.92 Å². The second-order valence-corrected chi connectivity index (χ2v) is 4.00. The van der Waals surface area contributed by atoms with E-state index in [1.54, 1.807) is 18.0 Å².